The highest BCUT2D eigenvalue weighted by Crippen LogP contribution is 2.22. The van der Waals surface area contributed by atoms with E-state index >= 15 is 0 Å². The van der Waals surface area contributed by atoms with E-state index in [1.54, 1.807) is 18.2 Å². The maximum Gasteiger partial charge on any atom is 0.238 e. The molecule has 0 aromatic heterocycles. The van der Waals surface area contributed by atoms with Crippen LogP contribution in [0.1, 0.15) is 12.8 Å². The van der Waals surface area contributed by atoms with Crippen LogP contribution < -0.4 is 11.1 Å². The molecule has 1 aliphatic rings. The zero-order valence-corrected chi connectivity index (χ0v) is 12.1. The zero-order chi connectivity index (χ0) is 14.5. The Bertz CT molecular complexity index is 473. The molecule has 1 aromatic carbocycles. The maximum absolute atomic E-state index is 12.0. The molecule has 1 aliphatic heterocycles. The first-order chi connectivity index (χ1) is 9.58. The Hall–Kier alpha value is -1.30. The molecular formula is C14H20ClN3O2. The van der Waals surface area contributed by atoms with Gasteiger partial charge < -0.3 is 16.2 Å². The van der Waals surface area contributed by atoms with Crippen LogP contribution in [0, 0.1) is 5.92 Å². The monoisotopic (exact) mass is 297 g/mol. The number of nitrogens with zero attached hydrogens (tertiary/aromatic N) is 1. The fourth-order valence-electron chi connectivity index (χ4n) is 2.37. The van der Waals surface area contributed by atoms with Gasteiger partial charge in [-0.2, -0.15) is 0 Å². The van der Waals surface area contributed by atoms with Crippen molar-refractivity contribution in [2.24, 2.45) is 5.92 Å². The van der Waals surface area contributed by atoms with Gasteiger partial charge in [-0.3, -0.25) is 9.69 Å². The molecule has 2 rings (SSSR count). The molecule has 110 valence electrons. The summed E-state index contributed by atoms with van der Waals surface area (Å²) in [6.45, 7) is 2.27. The first-order valence-corrected chi connectivity index (χ1v) is 7.14. The summed E-state index contributed by atoms with van der Waals surface area (Å²) < 4.78 is 0. The SMILES string of the molecule is Nc1cc(Cl)ccc1NC(=O)CN1CCC(CO)CC1. The smallest absolute Gasteiger partial charge is 0.238 e. The lowest BCUT2D eigenvalue weighted by Gasteiger charge is -2.30. The summed E-state index contributed by atoms with van der Waals surface area (Å²) in [5.41, 5.74) is 6.85. The van der Waals surface area contributed by atoms with Crippen LogP contribution in [0.5, 0.6) is 0 Å². The normalized spacial score (nSPS) is 17.1. The Labute approximate surface area is 123 Å². The number of piperidine rings is 1. The second-order valence-electron chi connectivity index (χ2n) is 5.18. The number of carbonyl (C=O) groups excluding carboxylic acids is 1. The largest absolute Gasteiger partial charge is 0.397 e. The molecule has 1 saturated heterocycles. The first kappa shape index (κ1) is 15.1. The van der Waals surface area contributed by atoms with Crippen molar-refractivity contribution in [1.82, 2.24) is 4.90 Å². The third-order valence-electron chi connectivity index (χ3n) is 3.62. The number of nitrogens with two attached hydrogens (primary N) is 1. The van der Waals surface area contributed by atoms with E-state index in [-0.39, 0.29) is 12.5 Å². The molecule has 0 spiro atoms. The number of hydrogen-bond donors (Lipinski definition) is 3. The fourth-order valence-corrected chi connectivity index (χ4v) is 2.55. The van der Waals surface area contributed by atoms with E-state index in [0.29, 0.717) is 28.9 Å². The van der Waals surface area contributed by atoms with Gasteiger partial charge in [0.1, 0.15) is 0 Å². The van der Waals surface area contributed by atoms with E-state index in [0.717, 1.165) is 25.9 Å². The van der Waals surface area contributed by atoms with Crippen molar-refractivity contribution < 1.29 is 9.90 Å². The summed E-state index contributed by atoms with van der Waals surface area (Å²) in [6, 6.07) is 5.01. The van der Waals surface area contributed by atoms with E-state index in [2.05, 4.69) is 10.2 Å². The molecule has 4 N–H and O–H groups in total. The topological polar surface area (TPSA) is 78.6 Å². The Morgan fingerprint density at radius 3 is 2.75 bits per heavy atom. The lowest BCUT2D eigenvalue weighted by Crippen LogP contribution is -2.39. The number of hydrogen-bond acceptors (Lipinski definition) is 4. The second kappa shape index (κ2) is 6.92. The van der Waals surface area contributed by atoms with Gasteiger partial charge in [0, 0.05) is 11.6 Å². The molecule has 6 heteroatoms. The minimum Gasteiger partial charge on any atom is -0.397 e. The van der Waals surface area contributed by atoms with E-state index in [4.69, 9.17) is 22.4 Å². The number of nitrogens with one attached hydrogen (secondary N) is 1. The number of rotatable bonds is 4. The van der Waals surface area contributed by atoms with Gasteiger partial charge in [-0.15, -0.1) is 0 Å². The summed E-state index contributed by atoms with van der Waals surface area (Å²) in [5.74, 6) is 0.294. The minimum atomic E-state index is -0.0820. The maximum atomic E-state index is 12.0. The van der Waals surface area contributed by atoms with Gasteiger partial charge in [0.25, 0.3) is 0 Å². The van der Waals surface area contributed by atoms with Gasteiger partial charge >= 0.3 is 0 Å². The van der Waals surface area contributed by atoms with E-state index < -0.39 is 0 Å². The predicted molar refractivity (Wildman–Crippen MR) is 80.7 cm³/mol. The molecule has 1 fully saturated rings. The lowest BCUT2D eigenvalue weighted by molar-refractivity contribution is -0.117. The van der Waals surface area contributed by atoms with Gasteiger partial charge in [0.15, 0.2) is 0 Å². The van der Waals surface area contributed by atoms with Crippen LogP contribution in [0.15, 0.2) is 18.2 Å². The molecule has 1 heterocycles. The van der Waals surface area contributed by atoms with Gasteiger partial charge in [-0.1, -0.05) is 11.6 Å². The standard InChI is InChI=1S/C14H20ClN3O2/c15-11-1-2-13(12(16)7-11)17-14(20)8-18-5-3-10(9-19)4-6-18/h1-2,7,10,19H,3-6,8-9,16H2,(H,17,20). The molecule has 20 heavy (non-hydrogen) atoms. The number of aliphatic hydroxyl groups is 1. The Kier molecular flexibility index (Phi) is 5.23. The summed E-state index contributed by atoms with van der Waals surface area (Å²) in [7, 11) is 0. The third-order valence-corrected chi connectivity index (χ3v) is 3.86. The molecule has 0 unspecified atom stereocenters. The second-order valence-corrected chi connectivity index (χ2v) is 5.62. The van der Waals surface area contributed by atoms with Crippen molar-refractivity contribution in [3.8, 4) is 0 Å². The lowest BCUT2D eigenvalue weighted by atomic mass is 9.98. The van der Waals surface area contributed by atoms with Crippen molar-refractivity contribution in [2.75, 3.05) is 37.3 Å². The van der Waals surface area contributed by atoms with Crippen molar-refractivity contribution in [3.63, 3.8) is 0 Å². The first-order valence-electron chi connectivity index (χ1n) is 6.76. The van der Waals surface area contributed by atoms with Gasteiger partial charge in [-0.05, 0) is 50.0 Å². The number of anilines is 2. The van der Waals surface area contributed by atoms with Crippen molar-refractivity contribution in [1.29, 1.82) is 0 Å². The molecule has 1 aromatic rings. The van der Waals surface area contributed by atoms with Crippen molar-refractivity contribution in [3.05, 3.63) is 23.2 Å². The van der Waals surface area contributed by atoms with Gasteiger partial charge in [0.2, 0.25) is 5.91 Å². The quantitative estimate of drug-likeness (QED) is 0.737. The molecule has 0 saturated carbocycles. The van der Waals surface area contributed by atoms with Gasteiger partial charge in [-0.25, -0.2) is 0 Å². The van der Waals surface area contributed by atoms with Crippen molar-refractivity contribution in [2.45, 2.75) is 12.8 Å². The molecule has 5 nitrogen and oxygen atoms in total. The number of benzene rings is 1. The number of nitrogen functional groups attached to an aromatic ring is 1. The Balaban J connectivity index is 1.84. The van der Waals surface area contributed by atoms with Crippen LogP contribution in [0.3, 0.4) is 0 Å². The number of carbonyl (C=O) groups is 1. The number of likely N-dealkylation sites (tertiary alicyclic amines) is 1. The molecule has 1 amide bonds. The summed E-state index contributed by atoms with van der Waals surface area (Å²) in [4.78, 5) is 14.1. The number of aliphatic hydroxyl groups excluding tert-OH is 1. The van der Waals surface area contributed by atoms with E-state index in [9.17, 15) is 4.79 Å². The summed E-state index contributed by atoms with van der Waals surface area (Å²) in [5, 5.41) is 12.4. The third kappa shape index (κ3) is 4.10. The average Bonchev–Trinajstić information content (AvgIpc) is 2.43. The highest BCUT2D eigenvalue weighted by Gasteiger charge is 2.20. The van der Waals surface area contributed by atoms with Gasteiger partial charge in [0.05, 0.1) is 17.9 Å². The van der Waals surface area contributed by atoms with E-state index in [1.165, 1.54) is 0 Å². The van der Waals surface area contributed by atoms with E-state index in [1.807, 2.05) is 0 Å². The van der Waals surface area contributed by atoms with Crippen molar-refractivity contribution >= 4 is 28.9 Å². The summed E-state index contributed by atoms with van der Waals surface area (Å²) >= 11 is 5.82. The molecule has 0 radical (unpaired) electrons. The molecule has 0 atom stereocenters. The highest BCUT2D eigenvalue weighted by atomic mass is 35.5. The average molecular weight is 298 g/mol. The van der Waals surface area contributed by atoms with Crippen LogP contribution in [-0.2, 0) is 4.79 Å². The summed E-state index contributed by atoms with van der Waals surface area (Å²) in [6.07, 6.45) is 1.87. The zero-order valence-electron chi connectivity index (χ0n) is 11.3. The van der Waals surface area contributed by atoms with Crippen LogP contribution in [0.2, 0.25) is 5.02 Å². The molecule has 0 bridgehead atoms. The van der Waals surface area contributed by atoms with Crippen LogP contribution in [0.4, 0.5) is 11.4 Å². The van der Waals surface area contributed by atoms with Crippen LogP contribution >= 0.6 is 11.6 Å². The Morgan fingerprint density at radius 1 is 1.45 bits per heavy atom. The van der Waals surface area contributed by atoms with Crippen LogP contribution in [-0.4, -0.2) is 42.2 Å². The van der Waals surface area contributed by atoms with Crippen LogP contribution in [0.25, 0.3) is 0 Å². The Morgan fingerprint density at radius 2 is 2.15 bits per heavy atom. The minimum absolute atomic E-state index is 0.0820. The molecule has 0 aliphatic carbocycles. The fraction of sp³-hybridized carbons (Fsp3) is 0.500. The number of amides is 1. The highest BCUT2D eigenvalue weighted by molar-refractivity contribution is 6.31. The predicted octanol–water partition coefficient (Wildman–Crippen LogP) is 1.56. The number of halogens is 1. The molecular weight excluding hydrogens is 278 g/mol.